The van der Waals surface area contributed by atoms with E-state index >= 15 is 0 Å². The van der Waals surface area contributed by atoms with Crippen molar-refractivity contribution in [2.75, 3.05) is 0 Å². The smallest absolute Gasteiger partial charge is 0.343 e. The van der Waals surface area contributed by atoms with Gasteiger partial charge in [0, 0.05) is 28.6 Å². The van der Waals surface area contributed by atoms with Crippen LogP contribution in [0, 0.1) is 0 Å². The fourth-order valence-electron chi connectivity index (χ4n) is 6.30. The van der Waals surface area contributed by atoms with Gasteiger partial charge >= 0.3 is 5.97 Å². The van der Waals surface area contributed by atoms with E-state index in [4.69, 9.17) is 14.7 Å². The number of aliphatic hydroxyl groups is 1. The minimum atomic E-state index is -1.84. The van der Waals surface area contributed by atoms with Crippen LogP contribution in [0.25, 0.3) is 22.3 Å². The molecule has 0 bridgehead atoms. The van der Waals surface area contributed by atoms with Gasteiger partial charge in [0.05, 0.1) is 34.7 Å². The highest BCUT2D eigenvalue weighted by Crippen LogP contribution is 2.46. The molecule has 0 saturated carbocycles. The Kier molecular flexibility index (Phi) is 5.13. The minimum Gasteiger partial charge on any atom is -0.458 e. The zero-order valence-corrected chi connectivity index (χ0v) is 21.1. The first-order chi connectivity index (χ1) is 18.5. The highest BCUT2D eigenvalue weighted by Gasteiger charge is 2.45. The Labute approximate surface area is 219 Å². The number of fused-ring (bicyclic) bond motifs is 5. The molecule has 0 fully saturated rings. The largest absolute Gasteiger partial charge is 0.458 e. The van der Waals surface area contributed by atoms with E-state index in [-0.39, 0.29) is 24.5 Å². The van der Waals surface area contributed by atoms with Gasteiger partial charge in [-0.2, -0.15) is 0 Å². The van der Waals surface area contributed by atoms with Crippen molar-refractivity contribution >= 4 is 28.8 Å². The lowest BCUT2D eigenvalue weighted by Gasteiger charge is -2.31. The Balaban J connectivity index is 1.37. The predicted molar refractivity (Wildman–Crippen MR) is 145 cm³/mol. The highest BCUT2D eigenvalue weighted by molar-refractivity contribution is 6.02. The van der Waals surface area contributed by atoms with Gasteiger partial charge < -0.3 is 14.4 Å². The SMILES string of the molecule is CC[C@@]1(O)C(=O)OCc2c1cc1n(c2=O)Cc2c-1nc1cccc3c1c2C(CCCc1ccccc1)C=N3. The summed E-state index contributed by atoms with van der Waals surface area (Å²) in [5.41, 5.74) is 5.23. The van der Waals surface area contributed by atoms with E-state index < -0.39 is 11.6 Å². The lowest BCUT2D eigenvalue weighted by atomic mass is 9.84. The van der Waals surface area contributed by atoms with Crippen LogP contribution < -0.4 is 5.56 Å². The molecule has 3 aliphatic heterocycles. The molecule has 1 N–H and O–H groups in total. The molecule has 0 spiro atoms. The monoisotopic (exact) mass is 505 g/mol. The summed E-state index contributed by atoms with van der Waals surface area (Å²) in [7, 11) is 0. The second-order valence-corrected chi connectivity index (χ2v) is 10.4. The Morgan fingerprint density at radius 1 is 1.11 bits per heavy atom. The number of pyridine rings is 2. The topological polar surface area (TPSA) is 93.8 Å². The van der Waals surface area contributed by atoms with Gasteiger partial charge in [0.25, 0.3) is 5.56 Å². The van der Waals surface area contributed by atoms with E-state index in [9.17, 15) is 14.7 Å². The number of esters is 1. The number of nitrogens with zero attached hydrogens (tertiary/aromatic N) is 3. The van der Waals surface area contributed by atoms with Crippen LogP contribution in [-0.2, 0) is 34.7 Å². The van der Waals surface area contributed by atoms with E-state index in [1.165, 1.54) is 11.1 Å². The molecule has 0 amide bonds. The summed E-state index contributed by atoms with van der Waals surface area (Å²) in [5, 5.41) is 12.2. The standard InChI is InChI=1S/C31H27N3O4/c1-2-31(37)22-14-25-28-20(16-34(25)29(35)21(22)17-38-30(31)36)26-19(11-6-10-18-8-4-3-5-9-18)15-32-23-12-7-13-24(33-28)27(23)26/h3-5,7-9,12-15,19,37H,2,6,10-11,16-17H2,1H3/t19?,31-/m0/s1. The third-order valence-corrected chi connectivity index (χ3v) is 8.32. The molecule has 190 valence electrons. The van der Waals surface area contributed by atoms with E-state index in [0.717, 1.165) is 47.1 Å². The molecule has 38 heavy (non-hydrogen) atoms. The first-order valence-electron chi connectivity index (χ1n) is 13.2. The Bertz CT molecular complexity index is 1720. The fraction of sp³-hybridized carbons (Fsp3) is 0.290. The molecule has 2 atom stereocenters. The van der Waals surface area contributed by atoms with Gasteiger partial charge in [-0.05, 0) is 55.0 Å². The molecule has 0 aliphatic carbocycles. The van der Waals surface area contributed by atoms with Gasteiger partial charge in [-0.15, -0.1) is 0 Å². The molecule has 5 heterocycles. The number of hydrogen-bond donors (Lipinski definition) is 1. The van der Waals surface area contributed by atoms with Crippen LogP contribution in [-0.4, -0.2) is 26.8 Å². The molecule has 0 radical (unpaired) electrons. The van der Waals surface area contributed by atoms with Crippen molar-refractivity contribution in [3.63, 3.8) is 0 Å². The summed E-state index contributed by atoms with van der Waals surface area (Å²) in [4.78, 5) is 36.0. The summed E-state index contributed by atoms with van der Waals surface area (Å²) in [6.07, 6.45) is 5.08. The molecule has 3 aliphatic rings. The van der Waals surface area contributed by atoms with Gasteiger partial charge in [0.15, 0.2) is 5.60 Å². The molecular weight excluding hydrogens is 478 g/mol. The molecule has 7 heteroatoms. The molecule has 7 rings (SSSR count). The number of carbonyl (C=O) groups excluding carboxylic acids is 1. The van der Waals surface area contributed by atoms with Crippen molar-refractivity contribution in [3.8, 4) is 11.4 Å². The number of hydrogen-bond acceptors (Lipinski definition) is 6. The lowest BCUT2D eigenvalue weighted by Crippen LogP contribution is -2.44. The molecular formula is C31H27N3O4. The molecule has 2 aromatic heterocycles. The molecule has 0 saturated heterocycles. The maximum Gasteiger partial charge on any atom is 0.343 e. The van der Waals surface area contributed by atoms with Gasteiger partial charge in [-0.25, -0.2) is 9.78 Å². The third kappa shape index (κ3) is 3.24. The van der Waals surface area contributed by atoms with Crippen LogP contribution in [0.2, 0.25) is 0 Å². The summed E-state index contributed by atoms with van der Waals surface area (Å²) in [6.45, 7) is 1.98. The molecule has 1 unspecified atom stereocenters. The third-order valence-electron chi connectivity index (χ3n) is 8.32. The van der Waals surface area contributed by atoms with Crippen LogP contribution in [0.15, 0.2) is 64.4 Å². The molecule has 4 aromatic rings. The van der Waals surface area contributed by atoms with Crippen molar-refractivity contribution < 1.29 is 14.6 Å². The molecule has 7 nitrogen and oxygen atoms in total. The number of aromatic nitrogens is 2. The average molecular weight is 506 g/mol. The van der Waals surface area contributed by atoms with Crippen LogP contribution in [0.5, 0.6) is 0 Å². The second-order valence-electron chi connectivity index (χ2n) is 10.4. The summed E-state index contributed by atoms with van der Waals surface area (Å²) >= 11 is 0. The van der Waals surface area contributed by atoms with E-state index in [1.54, 1.807) is 17.6 Å². The summed E-state index contributed by atoms with van der Waals surface area (Å²) < 4.78 is 6.94. The number of ether oxygens (including phenoxy) is 1. The number of carbonyl (C=O) groups is 1. The number of benzene rings is 2. The number of rotatable bonds is 5. The van der Waals surface area contributed by atoms with Gasteiger partial charge in [-0.1, -0.05) is 43.3 Å². The quantitative estimate of drug-likeness (QED) is 0.343. The Hall–Kier alpha value is -4.10. The maximum absolute atomic E-state index is 13.7. The van der Waals surface area contributed by atoms with Crippen LogP contribution in [0.1, 0.15) is 59.9 Å². The van der Waals surface area contributed by atoms with Crippen LogP contribution >= 0.6 is 0 Å². The zero-order valence-electron chi connectivity index (χ0n) is 21.1. The first-order valence-corrected chi connectivity index (χ1v) is 13.2. The predicted octanol–water partition coefficient (Wildman–Crippen LogP) is 4.90. The maximum atomic E-state index is 13.7. The molecule has 2 aromatic carbocycles. The Morgan fingerprint density at radius 3 is 2.76 bits per heavy atom. The van der Waals surface area contributed by atoms with Crippen molar-refractivity contribution in [1.82, 2.24) is 9.55 Å². The zero-order chi connectivity index (χ0) is 26.0. The first kappa shape index (κ1) is 23.0. The van der Waals surface area contributed by atoms with Crippen molar-refractivity contribution in [2.24, 2.45) is 4.99 Å². The van der Waals surface area contributed by atoms with E-state index in [0.29, 0.717) is 23.4 Å². The minimum absolute atomic E-state index is 0.102. The van der Waals surface area contributed by atoms with Gasteiger partial charge in [0.1, 0.15) is 6.61 Å². The fourth-order valence-corrected chi connectivity index (χ4v) is 6.30. The number of cyclic esters (lactones) is 1. The van der Waals surface area contributed by atoms with Crippen LogP contribution in [0.4, 0.5) is 5.69 Å². The number of aryl methyl sites for hydroxylation is 1. The summed E-state index contributed by atoms with van der Waals surface area (Å²) in [5.74, 6) is -0.610. The van der Waals surface area contributed by atoms with Crippen molar-refractivity contribution in [3.05, 3.63) is 92.8 Å². The van der Waals surface area contributed by atoms with Crippen molar-refractivity contribution in [2.45, 2.75) is 57.3 Å². The van der Waals surface area contributed by atoms with Crippen molar-refractivity contribution in [1.29, 1.82) is 0 Å². The second kappa shape index (κ2) is 8.46. The lowest BCUT2D eigenvalue weighted by molar-refractivity contribution is -0.172. The van der Waals surface area contributed by atoms with Gasteiger partial charge in [-0.3, -0.25) is 9.79 Å². The van der Waals surface area contributed by atoms with Gasteiger partial charge in [0.2, 0.25) is 0 Å². The van der Waals surface area contributed by atoms with E-state index in [2.05, 4.69) is 24.3 Å². The normalized spacial score (nSPS) is 20.7. The highest BCUT2D eigenvalue weighted by atomic mass is 16.6. The van der Waals surface area contributed by atoms with Crippen LogP contribution in [0.3, 0.4) is 0 Å². The number of aliphatic imine (C=N–C) groups is 1. The van der Waals surface area contributed by atoms with E-state index in [1.807, 2.05) is 30.5 Å². The average Bonchev–Trinajstić information content (AvgIpc) is 3.31. The Morgan fingerprint density at radius 2 is 1.95 bits per heavy atom. The summed E-state index contributed by atoms with van der Waals surface area (Å²) in [6, 6.07) is 18.2.